The Morgan fingerprint density at radius 2 is 1.86 bits per heavy atom. The summed E-state index contributed by atoms with van der Waals surface area (Å²) in [6, 6.07) is 16.5. The third-order valence-corrected chi connectivity index (χ3v) is 5.66. The maximum atomic E-state index is 12.7. The number of hydrogen-bond donors (Lipinski definition) is 2. The molecular formula is C24H28N2O2. The van der Waals surface area contributed by atoms with Crippen LogP contribution in [0.25, 0.3) is 10.9 Å². The summed E-state index contributed by atoms with van der Waals surface area (Å²) >= 11 is 0. The van der Waals surface area contributed by atoms with Gasteiger partial charge in [-0.05, 0) is 48.9 Å². The van der Waals surface area contributed by atoms with Crippen molar-refractivity contribution >= 4 is 16.8 Å². The van der Waals surface area contributed by atoms with Gasteiger partial charge in [0, 0.05) is 29.1 Å². The highest BCUT2D eigenvalue weighted by Gasteiger charge is 2.26. The quantitative estimate of drug-likeness (QED) is 0.676. The zero-order valence-electron chi connectivity index (χ0n) is 16.8. The van der Waals surface area contributed by atoms with E-state index in [2.05, 4.69) is 54.5 Å². The summed E-state index contributed by atoms with van der Waals surface area (Å²) in [5.41, 5.74) is 4.96. The van der Waals surface area contributed by atoms with Crippen LogP contribution in [-0.2, 0) is 17.6 Å². The van der Waals surface area contributed by atoms with E-state index in [1.165, 1.54) is 22.2 Å². The van der Waals surface area contributed by atoms with Crippen molar-refractivity contribution in [2.45, 2.75) is 58.1 Å². The van der Waals surface area contributed by atoms with Crippen molar-refractivity contribution in [3.05, 3.63) is 65.4 Å². The first-order valence-corrected chi connectivity index (χ1v) is 10.2. The van der Waals surface area contributed by atoms with E-state index in [0.717, 1.165) is 30.6 Å². The van der Waals surface area contributed by atoms with Crippen LogP contribution in [0.2, 0.25) is 0 Å². The molecule has 1 aliphatic rings. The van der Waals surface area contributed by atoms with E-state index in [4.69, 9.17) is 4.74 Å². The van der Waals surface area contributed by atoms with Crippen LogP contribution >= 0.6 is 0 Å². The van der Waals surface area contributed by atoms with E-state index in [1.54, 1.807) is 0 Å². The summed E-state index contributed by atoms with van der Waals surface area (Å²) in [6.07, 6.45) is 2.25. The first-order valence-electron chi connectivity index (χ1n) is 10.2. The summed E-state index contributed by atoms with van der Waals surface area (Å²) in [7, 11) is 0. The number of carbonyl (C=O) groups is 1. The van der Waals surface area contributed by atoms with Gasteiger partial charge in [0.25, 0.3) is 5.91 Å². The summed E-state index contributed by atoms with van der Waals surface area (Å²) in [6.45, 7) is 6.09. The lowest BCUT2D eigenvalue weighted by molar-refractivity contribution is -0.128. The van der Waals surface area contributed by atoms with Gasteiger partial charge in [0.15, 0.2) is 6.10 Å². The predicted octanol–water partition coefficient (Wildman–Crippen LogP) is 4.73. The molecule has 28 heavy (non-hydrogen) atoms. The fourth-order valence-electron chi connectivity index (χ4n) is 4.13. The number of aryl methyl sites for hydroxylation is 1. The number of fused-ring (bicyclic) bond motifs is 3. The van der Waals surface area contributed by atoms with Gasteiger partial charge in [0.05, 0.1) is 0 Å². The van der Waals surface area contributed by atoms with Crippen LogP contribution < -0.4 is 10.1 Å². The van der Waals surface area contributed by atoms with Gasteiger partial charge in [-0.1, -0.05) is 50.2 Å². The third-order valence-electron chi connectivity index (χ3n) is 5.66. The van der Waals surface area contributed by atoms with Crippen molar-refractivity contribution < 1.29 is 9.53 Å². The van der Waals surface area contributed by atoms with Gasteiger partial charge in [-0.3, -0.25) is 4.79 Å². The van der Waals surface area contributed by atoms with E-state index in [0.29, 0.717) is 5.92 Å². The molecule has 3 aromatic rings. The van der Waals surface area contributed by atoms with Crippen molar-refractivity contribution in [3.8, 4) is 5.75 Å². The minimum atomic E-state index is -0.524. The lowest BCUT2D eigenvalue weighted by Gasteiger charge is -2.25. The molecule has 1 aromatic heterocycles. The molecule has 2 atom stereocenters. The van der Waals surface area contributed by atoms with Crippen LogP contribution in [0.5, 0.6) is 5.75 Å². The Balaban J connectivity index is 1.41. The van der Waals surface area contributed by atoms with Crippen LogP contribution in [0, 0.1) is 0 Å². The topological polar surface area (TPSA) is 54.1 Å². The van der Waals surface area contributed by atoms with E-state index >= 15 is 0 Å². The Morgan fingerprint density at radius 3 is 2.68 bits per heavy atom. The van der Waals surface area contributed by atoms with Crippen LogP contribution in [0.4, 0.5) is 0 Å². The summed E-state index contributed by atoms with van der Waals surface area (Å²) in [4.78, 5) is 16.3. The summed E-state index contributed by atoms with van der Waals surface area (Å²) < 4.78 is 6.01. The standard InChI is InChI=1S/C24H28N2O2/c1-15(2)18-8-5-7-11-23(18)28-16(3)24(27)25-17-12-13-20-19-9-4-6-10-21(19)26-22(20)14-17/h4-11,15-17,26H,12-14H2,1-3H3,(H,25,27). The zero-order chi connectivity index (χ0) is 19.7. The van der Waals surface area contributed by atoms with E-state index in [-0.39, 0.29) is 11.9 Å². The Hall–Kier alpha value is -2.75. The van der Waals surface area contributed by atoms with Crippen molar-refractivity contribution in [1.29, 1.82) is 0 Å². The molecule has 4 rings (SSSR count). The number of hydrogen-bond acceptors (Lipinski definition) is 2. The van der Waals surface area contributed by atoms with Crippen molar-refractivity contribution in [3.63, 3.8) is 0 Å². The van der Waals surface area contributed by atoms with Gasteiger partial charge in [-0.25, -0.2) is 0 Å². The minimum absolute atomic E-state index is 0.0527. The minimum Gasteiger partial charge on any atom is -0.481 e. The fraction of sp³-hybridized carbons (Fsp3) is 0.375. The molecule has 4 heteroatoms. The predicted molar refractivity (Wildman–Crippen MR) is 113 cm³/mol. The smallest absolute Gasteiger partial charge is 0.261 e. The number of amides is 1. The lowest BCUT2D eigenvalue weighted by atomic mass is 9.91. The second-order valence-electron chi connectivity index (χ2n) is 8.03. The molecule has 4 nitrogen and oxygen atoms in total. The first-order chi connectivity index (χ1) is 13.5. The highest BCUT2D eigenvalue weighted by Crippen LogP contribution is 2.29. The first kappa shape index (κ1) is 18.6. The molecule has 0 aliphatic heterocycles. The molecule has 1 amide bonds. The van der Waals surface area contributed by atoms with E-state index in [9.17, 15) is 4.79 Å². The van der Waals surface area contributed by atoms with Crippen LogP contribution in [0.3, 0.4) is 0 Å². The Morgan fingerprint density at radius 1 is 1.11 bits per heavy atom. The van der Waals surface area contributed by atoms with Crippen molar-refractivity contribution in [2.75, 3.05) is 0 Å². The lowest BCUT2D eigenvalue weighted by Crippen LogP contribution is -2.44. The average Bonchev–Trinajstić information content (AvgIpc) is 3.06. The third kappa shape index (κ3) is 3.64. The van der Waals surface area contributed by atoms with Crippen LogP contribution in [-0.4, -0.2) is 23.0 Å². The SMILES string of the molecule is CC(Oc1ccccc1C(C)C)C(=O)NC1CCc2c([nH]c3ccccc23)C1. The van der Waals surface area contributed by atoms with Gasteiger partial charge in [0.2, 0.25) is 0 Å². The van der Waals surface area contributed by atoms with E-state index < -0.39 is 6.10 Å². The van der Waals surface area contributed by atoms with Gasteiger partial charge in [-0.15, -0.1) is 0 Å². The van der Waals surface area contributed by atoms with Gasteiger partial charge < -0.3 is 15.0 Å². The monoisotopic (exact) mass is 376 g/mol. The maximum Gasteiger partial charge on any atom is 0.261 e. The van der Waals surface area contributed by atoms with Gasteiger partial charge >= 0.3 is 0 Å². The van der Waals surface area contributed by atoms with Crippen molar-refractivity contribution in [2.24, 2.45) is 0 Å². The number of carbonyl (C=O) groups excluding carboxylic acids is 1. The molecule has 2 unspecified atom stereocenters. The molecule has 2 N–H and O–H groups in total. The number of benzene rings is 2. The fourth-order valence-corrected chi connectivity index (χ4v) is 4.13. The van der Waals surface area contributed by atoms with Crippen LogP contribution in [0.15, 0.2) is 48.5 Å². The molecule has 0 saturated carbocycles. The molecule has 2 aromatic carbocycles. The summed E-state index contributed by atoms with van der Waals surface area (Å²) in [5, 5.41) is 4.50. The highest BCUT2D eigenvalue weighted by molar-refractivity contribution is 5.85. The number of para-hydroxylation sites is 2. The largest absolute Gasteiger partial charge is 0.481 e. The molecule has 0 spiro atoms. The molecule has 0 bridgehead atoms. The second-order valence-corrected chi connectivity index (χ2v) is 8.03. The molecule has 1 aliphatic carbocycles. The number of nitrogens with one attached hydrogen (secondary N) is 2. The normalized spacial score (nSPS) is 17.4. The Kier molecular flexibility index (Phi) is 5.12. The van der Waals surface area contributed by atoms with Crippen LogP contribution in [0.1, 0.15) is 49.9 Å². The second kappa shape index (κ2) is 7.70. The van der Waals surface area contributed by atoms with Crippen molar-refractivity contribution in [1.82, 2.24) is 10.3 Å². The highest BCUT2D eigenvalue weighted by atomic mass is 16.5. The number of rotatable bonds is 5. The number of H-pyrrole nitrogens is 1. The molecule has 0 radical (unpaired) electrons. The van der Waals surface area contributed by atoms with Gasteiger partial charge in [-0.2, -0.15) is 0 Å². The van der Waals surface area contributed by atoms with Gasteiger partial charge in [0.1, 0.15) is 5.75 Å². The summed E-state index contributed by atoms with van der Waals surface area (Å²) in [5.74, 6) is 1.09. The maximum absolute atomic E-state index is 12.7. The number of aromatic amines is 1. The molecule has 0 saturated heterocycles. The zero-order valence-corrected chi connectivity index (χ0v) is 16.8. The number of ether oxygens (including phenoxy) is 1. The Labute approximate surface area is 166 Å². The number of aromatic nitrogens is 1. The Bertz CT molecular complexity index is 989. The van der Waals surface area contributed by atoms with E-state index in [1.807, 2.05) is 25.1 Å². The molecule has 146 valence electrons. The molecule has 1 heterocycles. The average molecular weight is 377 g/mol. The molecular weight excluding hydrogens is 348 g/mol. The molecule has 0 fully saturated rings.